The third-order valence-corrected chi connectivity index (χ3v) is 6.51. The molecule has 1 atom stereocenters. The van der Waals surface area contributed by atoms with Crippen LogP contribution in [-0.4, -0.2) is 29.3 Å². The van der Waals surface area contributed by atoms with Gasteiger partial charge in [-0.2, -0.15) is 0 Å². The standard InChI is InChI=1S/C32H44N2O2/c1-4-6-8-9-10-11-12-13-27-14-16-28(17-15-27)30-23-33-32(34-24-30)29-18-20-31(21-19-29)36-25-26(3)35-22-7-5-2/h14-21,23-24,26H,4-13,22,25H2,1-3H3. The van der Waals surface area contributed by atoms with Gasteiger partial charge in [0, 0.05) is 30.1 Å². The van der Waals surface area contributed by atoms with E-state index < -0.39 is 0 Å². The van der Waals surface area contributed by atoms with Crippen molar-refractivity contribution in [3.63, 3.8) is 0 Å². The number of unbranched alkanes of at least 4 members (excludes halogenated alkanes) is 7. The number of hydrogen-bond acceptors (Lipinski definition) is 4. The molecule has 0 N–H and O–H groups in total. The Morgan fingerprint density at radius 2 is 1.28 bits per heavy atom. The molecule has 0 aliphatic carbocycles. The quantitative estimate of drug-likeness (QED) is 0.178. The van der Waals surface area contributed by atoms with Crippen molar-refractivity contribution in [2.45, 2.75) is 91.1 Å². The topological polar surface area (TPSA) is 44.2 Å². The number of rotatable bonds is 17. The van der Waals surface area contributed by atoms with Gasteiger partial charge in [0.25, 0.3) is 0 Å². The molecule has 1 aromatic heterocycles. The summed E-state index contributed by atoms with van der Waals surface area (Å²) in [6.45, 7) is 7.82. The fourth-order valence-corrected chi connectivity index (χ4v) is 4.17. The van der Waals surface area contributed by atoms with E-state index in [9.17, 15) is 0 Å². The number of nitrogens with zero attached hydrogens (tertiary/aromatic N) is 2. The molecule has 1 unspecified atom stereocenters. The molecule has 1 heterocycles. The van der Waals surface area contributed by atoms with Gasteiger partial charge in [-0.05, 0) is 61.6 Å². The molecular formula is C32H44N2O2. The summed E-state index contributed by atoms with van der Waals surface area (Å²) in [7, 11) is 0. The highest BCUT2D eigenvalue weighted by Gasteiger charge is 2.06. The molecule has 0 amide bonds. The molecule has 3 rings (SSSR count). The van der Waals surface area contributed by atoms with Crippen molar-refractivity contribution in [1.82, 2.24) is 9.97 Å². The largest absolute Gasteiger partial charge is 0.491 e. The minimum absolute atomic E-state index is 0.0847. The maximum absolute atomic E-state index is 5.86. The number of benzene rings is 2. The molecule has 0 saturated carbocycles. The van der Waals surface area contributed by atoms with Crippen molar-refractivity contribution in [1.29, 1.82) is 0 Å². The molecule has 2 aromatic carbocycles. The van der Waals surface area contributed by atoms with Crippen LogP contribution in [0.15, 0.2) is 60.9 Å². The predicted octanol–water partition coefficient (Wildman–Crippen LogP) is 8.69. The fourth-order valence-electron chi connectivity index (χ4n) is 4.17. The van der Waals surface area contributed by atoms with E-state index in [0.29, 0.717) is 6.61 Å². The minimum atomic E-state index is 0.0847. The van der Waals surface area contributed by atoms with Crippen LogP contribution in [0.3, 0.4) is 0 Å². The van der Waals surface area contributed by atoms with Crippen molar-refractivity contribution in [3.05, 3.63) is 66.5 Å². The van der Waals surface area contributed by atoms with Gasteiger partial charge in [0.15, 0.2) is 5.82 Å². The fraction of sp³-hybridized carbons (Fsp3) is 0.500. The van der Waals surface area contributed by atoms with E-state index in [2.05, 4.69) is 48.1 Å². The van der Waals surface area contributed by atoms with Crippen LogP contribution in [0.2, 0.25) is 0 Å². The summed E-state index contributed by atoms with van der Waals surface area (Å²) in [5.41, 5.74) is 4.59. The van der Waals surface area contributed by atoms with Crippen LogP contribution in [0.5, 0.6) is 5.75 Å². The Morgan fingerprint density at radius 3 is 1.94 bits per heavy atom. The first-order chi connectivity index (χ1) is 17.7. The van der Waals surface area contributed by atoms with Crippen molar-refractivity contribution in [2.24, 2.45) is 0 Å². The lowest BCUT2D eigenvalue weighted by atomic mass is 10.0. The predicted molar refractivity (Wildman–Crippen MR) is 150 cm³/mol. The van der Waals surface area contributed by atoms with Gasteiger partial charge in [-0.1, -0.05) is 83.1 Å². The van der Waals surface area contributed by atoms with Gasteiger partial charge in [-0.15, -0.1) is 0 Å². The first kappa shape index (κ1) is 27.9. The summed E-state index contributed by atoms with van der Waals surface area (Å²) in [6.07, 6.45) is 16.7. The van der Waals surface area contributed by atoms with Crippen molar-refractivity contribution >= 4 is 0 Å². The Morgan fingerprint density at radius 1 is 0.667 bits per heavy atom. The third-order valence-electron chi connectivity index (χ3n) is 6.51. The number of aromatic nitrogens is 2. The molecule has 0 fully saturated rings. The van der Waals surface area contributed by atoms with Crippen LogP contribution in [-0.2, 0) is 11.2 Å². The van der Waals surface area contributed by atoms with E-state index in [1.54, 1.807) is 0 Å². The second-order valence-corrected chi connectivity index (χ2v) is 9.73. The van der Waals surface area contributed by atoms with E-state index in [1.165, 1.54) is 50.5 Å². The van der Waals surface area contributed by atoms with Gasteiger partial charge in [-0.3, -0.25) is 0 Å². The summed E-state index contributed by atoms with van der Waals surface area (Å²) >= 11 is 0. The molecular weight excluding hydrogens is 444 g/mol. The Hall–Kier alpha value is -2.72. The molecule has 0 radical (unpaired) electrons. The van der Waals surface area contributed by atoms with E-state index in [4.69, 9.17) is 9.47 Å². The minimum Gasteiger partial charge on any atom is -0.491 e. The molecule has 4 nitrogen and oxygen atoms in total. The van der Waals surface area contributed by atoms with Gasteiger partial charge < -0.3 is 9.47 Å². The maximum atomic E-state index is 5.86. The summed E-state index contributed by atoms with van der Waals surface area (Å²) in [5, 5.41) is 0. The van der Waals surface area contributed by atoms with Crippen LogP contribution in [0.1, 0.15) is 84.1 Å². The number of aryl methyl sites for hydroxylation is 1. The van der Waals surface area contributed by atoms with E-state index in [-0.39, 0.29) is 6.10 Å². The Balaban J connectivity index is 1.45. The first-order valence-corrected chi connectivity index (χ1v) is 14.0. The van der Waals surface area contributed by atoms with Gasteiger partial charge in [0.2, 0.25) is 0 Å². The SMILES string of the molecule is CCCCCCCCCc1ccc(-c2cnc(-c3ccc(OCC(C)OCCCC)cc3)nc2)cc1. The lowest BCUT2D eigenvalue weighted by Crippen LogP contribution is -2.18. The highest BCUT2D eigenvalue weighted by Crippen LogP contribution is 2.23. The second-order valence-electron chi connectivity index (χ2n) is 9.73. The number of ether oxygens (including phenoxy) is 2. The summed E-state index contributed by atoms with van der Waals surface area (Å²) in [4.78, 5) is 9.23. The zero-order chi connectivity index (χ0) is 25.4. The first-order valence-electron chi connectivity index (χ1n) is 14.0. The Kier molecular flexibility index (Phi) is 12.5. The molecule has 194 valence electrons. The molecule has 0 spiro atoms. The lowest BCUT2D eigenvalue weighted by molar-refractivity contribution is 0.0309. The van der Waals surface area contributed by atoms with Crippen molar-refractivity contribution in [2.75, 3.05) is 13.2 Å². The van der Waals surface area contributed by atoms with E-state index >= 15 is 0 Å². The molecule has 0 saturated heterocycles. The third kappa shape index (κ3) is 9.73. The lowest BCUT2D eigenvalue weighted by Gasteiger charge is -2.14. The van der Waals surface area contributed by atoms with E-state index in [0.717, 1.165) is 54.1 Å². The Bertz CT molecular complexity index is 969. The van der Waals surface area contributed by atoms with E-state index in [1.807, 2.05) is 43.6 Å². The molecule has 4 heteroatoms. The smallest absolute Gasteiger partial charge is 0.159 e. The molecule has 3 aromatic rings. The van der Waals surface area contributed by atoms with Gasteiger partial charge in [0.1, 0.15) is 12.4 Å². The van der Waals surface area contributed by atoms with Gasteiger partial charge in [0.05, 0.1) is 6.10 Å². The van der Waals surface area contributed by atoms with Crippen LogP contribution in [0.4, 0.5) is 0 Å². The highest BCUT2D eigenvalue weighted by atomic mass is 16.5. The van der Waals surface area contributed by atoms with Crippen LogP contribution < -0.4 is 4.74 Å². The summed E-state index contributed by atoms with van der Waals surface area (Å²) in [6, 6.07) is 16.8. The van der Waals surface area contributed by atoms with Crippen molar-refractivity contribution < 1.29 is 9.47 Å². The zero-order valence-corrected chi connectivity index (χ0v) is 22.5. The number of hydrogen-bond donors (Lipinski definition) is 0. The summed E-state index contributed by atoms with van der Waals surface area (Å²) < 4.78 is 11.6. The summed E-state index contributed by atoms with van der Waals surface area (Å²) in [5.74, 6) is 1.55. The average molecular weight is 489 g/mol. The normalized spacial score (nSPS) is 12.0. The zero-order valence-electron chi connectivity index (χ0n) is 22.5. The molecule has 0 bridgehead atoms. The maximum Gasteiger partial charge on any atom is 0.159 e. The monoisotopic (exact) mass is 488 g/mol. The van der Waals surface area contributed by atoms with Gasteiger partial charge in [-0.25, -0.2) is 9.97 Å². The van der Waals surface area contributed by atoms with Crippen LogP contribution in [0, 0.1) is 0 Å². The molecule has 36 heavy (non-hydrogen) atoms. The second kappa shape index (κ2) is 16.1. The van der Waals surface area contributed by atoms with Gasteiger partial charge >= 0.3 is 0 Å². The molecule has 0 aliphatic rings. The van der Waals surface area contributed by atoms with Crippen molar-refractivity contribution in [3.8, 4) is 28.3 Å². The average Bonchev–Trinajstić information content (AvgIpc) is 2.92. The van der Waals surface area contributed by atoms with Crippen LogP contribution >= 0.6 is 0 Å². The van der Waals surface area contributed by atoms with Crippen LogP contribution in [0.25, 0.3) is 22.5 Å². The highest BCUT2D eigenvalue weighted by molar-refractivity contribution is 5.64. The Labute approximate surface area is 218 Å². The molecule has 0 aliphatic heterocycles.